The second-order valence-corrected chi connectivity index (χ2v) is 8.26. The maximum absolute atomic E-state index is 11.2. The van der Waals surface area contributed by atoms with Crippen molar-refractivity contribution in [1.82, 2.24) is 4.57 Å². The van der Waals surface area contributed by atoms with Crippen molar-refractivity contribution in [3.8, 4) is 22.8 Å². The third kappa shape index (κ3) is 4.31. The lowest BCUT2D eigenvalue weighted by atomic mass is 10.1. The molecule has 0 saturated heterocycles. The Labute approximate surface area is 165 Å². The zero-order valence-corrected chi connectivity index (χ0v) is 17.4. The first-order chi connectivity index (χ1) is 13.3. The van der Waals surface area contributed by atoms with Crippen LogP contribution in [-0.4, -0.2) is 40.1 Å². The number of ether oxygens (including phenoxy) is 2. The standard InChI is InChI=1S/C21H25NO5S/c1-15-19-14-18(26-3)10-11-20(19)22(12-5-13-27-28(4,23)24)21(15)16-6-8-17(25-2)9-7-16/h6-11,14H,5,12-13H2,1-4H3. The number of fused-ring (bicyclic) bond motifs is 1. The van der Waals surface area contributed by atoms with Crippen LogP contribution >= 0.6 is 0 Å². The molecular formula is C21H25NO5S. The Balaban J connectivity index is 2.04. The number of hydrogen-bond acceptors (Lipinski definition) is 5. The molecule has 7 heteroatoms. The number of aromatic nitrogens is 1. The fourth-order valence-electron chi connectivity index (χ4n) is 3.41. The summed E-state index contributed by atoms with van der Waals surface area (Å²) in [7, 11) is -0.137. The Morgan fingerprint density at radius 3 is 2.21 bits per heavy atom. The molecule has 150 valence electrons. The van der Waals surface area contributed by atoms with Gasteiger partial charge >= 0.3 is 0 Å². The summed E-state index contributed by atoms with van der Waals surface area (Å²) in [5.74, 6) is 1.60. The first-order valence-electron chi connectivity index (χ1n) is 8.99. The van der Waals surface area contributed by atoms with Crippen LogP contribution in [-0.2, 0) is 20.8 Å². The van der Waals surface area contributed by atoms with Crippen LogP contribution in [0.4, 0.5) is 0 Å². The number of benzene rings is 2. The Bertz CT molecular complexity index is 1070. The van der Waals surface area contributed by atoms with Crippen LogP contribution in [0.3, 0.4) is 0 Å². The van der Waals surface area contributed by atoms with E-state index in [0.717, 1.165) is 45.5 Å². The Morgan fingerprint density at radius 1 is 0.964 bits per heavy atom. The molecule has 0 radical (unpaired) electrons. The lowest BCUT2D eigenvalue weighted by molar-refractivity contribution is 0.308. The minimum Gasteiger partial charge on any atom is -0.497 e. The quantitative estimate of drug-likeness (QED) is 0.420. The third-order valence-corrected chi connectivity index (χ3v) is 5.31. The topological polar surface area (TPSA) is 66.8 Å². The van der Waals surface area contributed by atoms with Crippen LogP contribution in [0, 0.1) is 6.92 Å². The number of rotatable bonds is 8. The largest absolute Gasteiger partial charge is 0.497 e. The summed E-state index contributed by atoms with van der Waals surface area (Å²) >= 11 is 0. The van der Waals surface area contributed by atoms with Crippen molar-refractivity contribution in [2.45, 2.75) is 19.9 Å². The molecule has 28 heavy (non-hydrogen) atoms. The fraction of sp³-hybridized carbons (Fsp3) is 0.333. The summed E-state index contributed by atoms with van der Waals surface area (Å²) in [6.07, 6.45) is 1.64. The van der Waals surface area contributed by atoms with Crippen molar-refractivity contribution >= 4 is 21.0 Å². The van der Waals surface area contributed by atoms with Gasteiger partial charge in [0.15, 0.2) is 0 Å². The van der Waals surface area contributed by atoms with Gasteiger partial charge in [-0.15, -0.1) is 0 Å². The summed E-state index contributed by atoms with van der Waals surface area (Å²) in [5.41, 5.74) is 4.37. The van der Waals surface area contributed by atoms with E-state index in [1.54, 1.807) is 14.2 Å². The monoisotopic (exact) mass is 403 g/mol. The molecule has 0 bridgehead atoms. The Kier molecular flexibility index (Phi) is 5.96. The Morgan fingerprint density at radius 2 is 1.61 bits per heavy atom. The molecule has 6 nitrogen and oxygen atoms in total. The summed E-state index contributed by atoms with van der Waals surface area (Å²) in [5, 5.41) is 1.11. The van der Waals surface area contributed by atoms with Gasteiger partial charge in [-0.1, -0.05) is 0 Å². The summed E-state index contributed by atoms with van der Waals surface area (Å²) in [6, 6.07) is 13.9. The van der Waals surface area contributed by atoms with E-state index in [1.165, 1.54) is 0 Å². The molecule has 1 aromatic heterocycles. The van der Waals surface area contributed by atoms with E-state index in [2.05, 4.69) is 11.5 Å². The van der Waals surface area contributed by atoms with Gasteiger partial charge in [0.25, 0.3) is 10.1 Å². The molecule has 0 spiro atoms. The average molecular weight is 404 g/mol. The lowest BCUT2D eigenvalue weighted by Crippen LogP contribution is -2.08. The second-order valence-electron chi connectivity index (χ2n) is 6.62. The van der Waals surface area contributed by atoms with Gasteiger partial charge in [0.1, 0.15) is 11.5 Å². The van der Waals surface area contributed by atoms with Crippen molar-refractivity contribution in [3.05, 3.63) is 48.0 Å². The molecule has 3 aromatic rings. The molecule has 0 amide bonds. The van der Waals surface area contributed by atoms with Crippen LogP contribution in [0.25, 0.3) is 22.2 Å². The highest BCUT2D eigenvalue weighted by Gasteiger charge is 2.17. The van der Waals surface area contributed by atoms with E-state index in [1.807, 2.05) is 42.5 Å². The van der Waals surface area contributed by atoms with Gasteiger partial charge < -0.3 is 14.0 Å². The molecule has 2 aromatic carbocycles. The normalized spacial score (nSPS) is 11.7. The lowest BCUT2D eigenvalue weighted by Gasteiger charge is -2.12. The third-order valence-electron chi connectivity index (χ3n) is 4.71. The second kappa shape index (κ2) is 8.24. The SMILES string of the molecule is COc1ccc(-c2c(C)c3cc(OC)ccc3n2CCCOS(C)(=O)=O)cc1. The van der Waals surface area contributed by atoms with Crippen molar-refractivity contribution in [2.75, 3.05) is 27.1 Å². The zero-order valence-electron chi connectivity index (χ0n) is 16.6. The highest BCUT2D eigenvalue weighted by molar-refractivity contribution is 7.85. The summed E-state index contributed by atoms with van der Waals surface area (Å²) < 4.78 is 40.2. The van der Waals surface area contributed by atoms with Crippen LogP contribution in [0.2, 0.25) is 0 Å². The molecule has 0 N–H and O–H groups in total. The molecule has 0 atom stereocenters. The molecule has 0 aliphatic heterocycles. The first kappa shape index (κ1) is 20.2. The van der Waals surface area contributed by atoms with Crippen molar-refractivity contribution < 1.29 is 22.1 Å². The van der Waals surface area contributed by atoms with Gasteiger partial charge in [-0.25, -0.2) is 0 Å². The molecule has 0 saturated carbocycles. The minimum atomic E-state index is -3.43. The van der Waals surface area contributed by atoms with E-state index in [4.69, 9.17) is 13.7 Å². The van der Waals surface area contributed by atoms with E-state index < -0.39 is 10.1 Å². The number of methoxy groups -OCH3 is 2. The predicted molar refractivity (Wildman–Crippen MR) is 111 cm³/mol. The highest BCUT2D eigenvalue weighted by atomic mass is 32.2. The van der Waals surface area contributed by atoms with E-state index >= 15 is 0 Å². The van der Waals surface area contributed by atoms with E-state index in [9.17, 15) is 8.42 Å². The van der Waals surface area contributed by atoms with Crippen molar-refractivity contribution in [3.63, 3.8) is 0 Å². The maximum atomic E-state index is 11.2. The number of nitrogens with zero attached hydrogens (tertiary/aromatic N) is 1. The zero-order chi connectivity index (χ0) is 20.3. The van der Waals surface area contributed by atoms with Crippen molar-refractivity contribution in [2.24, 2.45) is 0 Å². The summed E-state index contributed by atoms with van der Waals surface area (Å²) in [6.45, 7) is 2.87. The molecule has 1 heterocycles. The van der Waals surface area contributed by atoms with Gasteiger partial charge in [-0.3, -0.25) is 4.18 Å². The van der Waals surface area contributed by atoms with Crippen molar-refractivity contribution in [1.29, 1.82) is 0 Å². The highest BCUT2D eigenvalue weighted by Crippen LogP contribution is 2.36. The molecule has 0 unspecified atom stereocenters. The molecule has 0 aliphatic rings. The molecular weight excluding hydrogens is 378 g/mol. The van der Waals surface area contributed by atoms with Crippen LogP contribution < -0.4 is 9.47 Å². The predicted octanol–water partition coefficient (Wildman–Crippen LogP) is 4.00. The van der Waals surface area contributed by atoms with Crippen LogP contribution in [0.15, 0.2) is 42.5 Å². The molecule has 3 rings (SSSR count). The van der Waals surface area contributed by atoms with Gasteiger partial charge in [-0.05, 0) is 66.9 Å². The van der Waals surface area contributed by atoms with Gasteiger partial charge in [0.2, 0.25) is 0 Å². The van der Waals surface area contributed by atoms with Gasteiger partial charge in [-0.2, -0.15) is 8.42 Å². The first-order valence-corrected chi connectivity index (χ1v) is 10.8. The average Bonchev–Trinajstić information content (AvgIpc) is 2.96. The fourth-order valence-corrected chi connectivity index (χ4v) is 3.84. The van der Waals surface area contributed by atoms with Crippen LogP contribution in [0.5, 0.6) is 11.5 Å². The smallest absolute Gasteiger partial charge is 0.264 e. The van der Waals surface area contributed by atoms with E-state index in [0.29, 0.717) is 13.0 Å². The van der Waals surface area contributed by atoms with Gasteiger partial charge in [0, 0.05) is 17.4 Å². The molecule has 0 aliphatic carbocycles. The maximum Gasteiger partial charge on any atom is 0.264 e. The van der Waals surface area contributed by atoms with Gasteiger partial charge in [0.05, 0.1) is 32.8 Å². The Hall–Kier alpha value is -2.51. The summed E-state index contributed by atoms with van der Waals surface area (Å²) in [4.78, 5) is 0. The number of hydrogen-bond donors (Lipinski definition) is 0. The van der Waals surface area contributed by atoms with Crippen LogP contribution in [0.1, 0.15) is 12.0 Å². The molecule has 0 fully saturated rings. The minimum absolute atomic E-state index is 0.149. The van der Waals surface area contributed by atoms with E-state index in [-0.39, 0.29) is 6.61 Å². The number of aryl methyl sites for hydroxylation is 2.